The van der Waals surface area contributed by atoms with Gasteiger partial charge < -0.3 is 18.9 Å². The standard InChI is InChI=1S/C28H33N7O3/c1-18-5-4-10-38-27-22(16-29-33(27)3)24-14-20(13-19(2)30-24)26(36)32-28-31-23-7-6-21(15-25(23)35(28)17-18)34-8-11-37-12-9-34/h6-7,13-16,18H,4-5,8-12,17H2,1-3H3,(H,31,32,36)/t18-/m1/s1. The number of rotatable bonds is 1. The highest BCUT2D eigenvalue weighted by molar-refractivity contribution is 6.05. The van der Waals surface area contributed by atoms with E-state index in [1.807, 2.05) is 20.0 Å². The van der Waals surface area contributed by atoms with Crippen molar-refractivity contribution in [2.45, 2.75) is 33.2 Å². The summed E-state index contributed by atoms with van der Waals surface area (Å²) in [6.07, 6.45) is 3.60. The van der Waals surface area contributed by atoms with Crippen molar-refractivity contribution < 1.29 is 14.3 Å². The minimum absolute atomic E-state index is 0.226. The molecule has 198 valence electrons. The Morgan fingerprint density at radius 3 is 2.76 bits per heavy atom. The first-order valence-electron chi connectivity index (χ1n) is 13.2. The van der Waals surface area contributed by atoms with Crippen molar-refractivity contribution in [3.8, 4) is 17.1 Å². The average Bonchev–Trinajstić information content (AvgIpc) is 3.45. The molecule has 6 rings (SSSR count). The number of carbonyl (C=O) groups excluding carboxylic acids is 1. The van der Waals surface area contributed by atoms with E-state index in [9.17, 15) is 4.79 Å². The molecule has 0 aliphatic carbocycles. The second-order valence-electron chi connectivity index (χ2n) is 10.2. The van der Waals surface area contributed by atoms with Crippen molar-refractivity contribution >= 4 is 28.6 Å². The number of pyridine rings is 1. The maximum absolute atomic E-state index is 13.6. The lowest BCUT2D eigenvalue weighted by molar-refractivity contribution is 0.102. The first kappa shape index (κ1) is 24.4. The third-order valence-corrected chi connectivity index (χ3v) is 7.28. The molecule has 0 unspecified atom stereocenters. The van der Waals surface area contributed by atoms with Gasteiger partial charge >= 0.3 is 0 Å². The smallest absolute Gasteiger partial charge is 0.258 e. The second kappa shape index (κ2) is 10.1. The Morgan fingerprint density at radius 1 is 1.08 bits per heavy atom. The van der Waals surface area contributed by atoms with Crippen LogP contribution in [0, 0.1) is 12.8 Å². The largest absolute Gasteiger partial charge is 0.477 e. The van der Waals surface area contributed by atoms with Gasteiger partial charge in [0.05, 0.1) is 48.3 Å². The van der Waals surface area contributed by atoms with Gasteiger partial charge in [-0.3, -0.25) is 15.1 Å². The van der Waals surface area contributed by atoms with Gasteiger partial charge in [-0.2, -0.15) is 5.10 Å². The van der Waals surface area contributed by atoms with Crippen molar-refractivity contribution in [1.29, 1.82) is 0 Å². The number of fused-ring (bicyclic) bond motifs is 7. The van der Waals surface area contributed by atoms with E-state index in [1.165, 1.54) is 0 Å². The summed E-state index contributed by atoms with van der Waals surface area (Å²) in [5.41, 5.74) is 5.71. The van der Waals surface area contributed by atoms with Crippen LogP contribution in [0.4, 0.5) is 11.6 Å². The van der Waals surface area contributed by atoms with E-state index >= 15 is 0 Å². The van der Waals surface area contributed by atoms with Crippen LogP contribution in [0.3, 0.4) is 0 Å². The van der Waals surface area contributed by atoms with E-state index < -0.39 is 0 Å². The Balaban J connectivity index is 1.42. The Bertz CT molecular complexity index is 1490. The molecule has 1 atom stereocenters. The molecule has 2 bridgehead atoms. The monoisotopic (exact) mass is 515 g/mol. The summed E-state index contributed by atoms with van der Waals surface area (Å²) in [4.78, 5) is 25.4. The summed E-state index contributed by atoms with van der Waals surface area (Å²) in [6, 6.07) is 9.92. The number of aryl methyl sites for hydroxylation is 2. The quantitative estimate of drug-likeness (QED) is 0.408. The van der Waals surface area contributed by atoms with E-state index in [0.29, 0.717) is 35.6 Å². The summed E-state index contributed by atoms with van der Waals surface area (Å²) in [5, 5.41) is 7.48. The zero-order chi connectivity index (χ0) is 26.2. The maximum Gasteiger partial charge on any atom is 0.258 e. The zero-order valence-electron chi connectivity index (χ0n) is 22.1. The highest BCUT2D eigenvalue weighted by Gasteiger charge is 2.21. The Hall–Kier alpha value is -3.92. The van der Waals surface area contributed by atoms with Crippen LogP contribution in [0.25, 0.3) is 22.3 Å². The number of nitrogens with one attached hydrogen (secondary N) is 1. The van der Waals surface area contributed by atoms with Gasteiger partial charge in [0.25, 0.3) is 5.91 Å². The predicted molar refractivity (Wildman–Crippen MR) is 146 cm³/mol. The van der Waals surface area contributed by atoms with E-state index in [0.717, 1.165) is 73.7 Å². The average molecular weight is 516 g/mol. The Labute approximate surface area is 221 Å². The summed E-state index contributed by atoms with van der Waals surface area (Å²) in [7, 11) is 1.86. The molecule has 1 N–H and O–H groups in total. The summed E-state index contributed by atoms with van der Waals surface area (Å²) >= 11 is 0. The predicted octanol–water partition coefficient (Wildman–Crippen LogP) is 4.04. The number of hydrogen-bond acceptors (Lipinski definition) is 7. The van der Waals surface area contributed by atoms with Gasteiger partial charge in [0.2, 0.25) is 11.8 Å². The molecule has 0 radical (unpaired) electrons. The molecule has 5 heterocycles. The van der Waals surface area contributed by atoms with Gasteiger partial charge in [-0.15, -0.1) is 0 Å². The van der Waals surface area contributed by atoms with Gasteiger partial charge in [0.1, 0.15) is 0 Å². The lowest BCUT2D eigenvalue weighted by Gasteiger charge is -2.29. The van der Waals surface area contributed by atoms with Crippen molar-refractivity contribution in [3.05, 3.63) is 47.8 Å². The number of anilines is 2. The second-order valence-corrected chi connectivity index (χ2v) is 10.2. The number of hydrogen-bond donors (Lipinski definition) is 1. The number of ether oxygens (including phenoxy) is 2. The van der Waals surface area contributed by atoms with E-state index in [2.05, 4.69) is 43.9 Å². The molecule has 1 amide bonds. The number of nitrogens with zero attached hydrogens (tertiary/aromatic N) is 6. The number of amides is 1. The molecule has 10 heteroatoms. The molecule has 1 aromatic carbocycles. The molecule has 3 aromatic heterocycles. The van der Waals surface area contributed by atoms with Crippen LogP contribution in [0.5, 0.6) is 5.88 Å². The summed E-state index contributed by atoms with van der Waals surface area (Å²) in [5.74, 6) is 1.34. The lowest BCUT2D eigenvalue weighted by Crippen LogP contribution is -2.36. The van der Waals surface area contributed by atoms with Gasteiger partial charge in [0, 0.05) is 43.6 Å². The van der Waals surface area contributed by atoms with E-state index in [-0.39, 0.29) is 5.91 Å². The van der Waals surface area contributed by atoms with Crippen LogP contribution in [-0.2, 0) is 18.3 Å². The molecule has 1 saturated heterocycles. The molecule has 1 fully saturated rings. The fraction of sp³-hybridized carbons (Fsp3) is 0.429. The van der Waals surface area contributed by atoms with Gasteiger partial charge in [-0.1, -0.05) is 6.92 Å². The number of benzene rings is 1. The van der Waals surface area contributed by atoms with Gasteiger partial charge in [0.15, 0.2) is 0 Å². The highest BCUT2D eigenvalue weighted by Crippen LogP contribution is 2.31. The fourth-order valence-electron chi connectivity index (χ4n) is 5.30. The van der Waals surface area contributed by atoms with Gasteiger partial charge in [-0.25, -0.2) is 9.67 Å². The van der Waals surface area contributed by atoms with Crippen molar-refractivity contribution in [2.24, 2.45) is 13.0 Å². The maximum atomic E-state index is 13.6. The molecular formula is C28H33N7O3. The molecule has 2 aliphatic rings. The van der Waals surface area contributed by atoms with Crippen LogP contribution < -0.4 is 15.0 Å². The Kier molecular flexibility index (Phi) is 6.49. The topological polar surface area (TPSA) is 99.3 Å². The number of aromatic nitrogens is 5. The minimum Gasteiger partial charge on any atom is -0.477 e. The summed E-state index contributed by atoms with van der Waals surface area (Å²) < 4.78 is 15.6. The van der Waals surface area contributed by atoms with Crippen molar-refractivity contribution in [2.75, 3.05) is 43.1 Å². The molecule has 10 nitrogen and oxygen atoms in total. The van der Waals surface area contributed by atoms with Crippen LogP contribution in [0.2, 0.25) is 0 Å². The number of morpholine rings is 1. The fourth-order valence-corrected chi connectivity index (χ4v) is 5.30. The molecule has 38 heavy (non-hydrogen) atoms. The third-order valence-electron chi connectivity index (χ3n) is 7.28. The van der Waals surface area contributed by atoms with Crippen LogP contribution in [-0.4, -0.2) is 63.1 Å². The third kappa shape index (κ3) is 4.71. The SMILES string of the molecule is Cc1cc2cc(n1)-c1cnn(C)c1OCCC[C@@H](C)Cn1c(nc3ccc(N4CCOCC4)cc31)NC2=O. The Morgan fingerprint density at radius 2 is 1.92 bits per heavy atom. The zero-order valence-corrected chi connectivity index (χ0v) is 22.1. The molecule has 0 saturated carbocycles. The van der Waals surface area contributed by atoms with E-state index in [1.54, 1.807) is 23.0 Å². The normalized spacial score (nSPS) is 18.7. The number of carbonyl (C=O) groups is 1. The lowest BCUT2D eigenvalue weighted by atomic mass is 10.1. The van der Waals surface area contributed by atoms with E-state index in [4.69, 9.17) is 14.5 Å². The molecule has 2 aliphatic heterocycles. The van der Waals surface area contributed by atoms with Gasteiger partial charge in [-0.05, 0) is 56.0 Å². The summed E-state index contributed by atoms with van der Waals surface area (Å²) in [6.45, 7) is 8.60. The highest BCUT2D eigenvalue weighted by atomic mass is 16.5. The first-order valence-corrected chi connectivity index (χ1v) is 13.2. The molecule has 4 aromatic rings. The molecular weight excluding hydrogens is 482 g/mol. The first-order chi connectivity index (χ1) is 18.5. The van der Waals surface area contributed by atoms with Crippen LogP contribution in [0.15, 0.2) is 36.5 Å². The van der Waals surface area contributed by atoms with Crippen LogP contribution >= 0.6 is 0 Å². The van der Waals surface area contributed by atoms with Crippen molar-refractivity contribution in [1.82, 2.24) is 24.3 Å². The minimum atomic E-state index is -0.226. The van der Waals surface area contributed by atoms with Crippen molar-refractivity contribution in [3.63, 3.8) is 0 Å². The number of imidazole rings is 1. The molecule has 0 spiro atoms. The van der Waals surface area contributed by atoms with Crippen LogP contribution in [0.1, 0.15) is 35.8 Å².